The summed E-state index contributed by atoms with van der Waals surface area (Å²) in [7, 11) is 0. The lowest BCUT2D eigenvalue weighted by Gasteiger charge is -1.98. The standard InChI is InChI=1S/C10H9NO.C10H7NO/c2*12-7-8-5-9-3-1-2-4-10(9)11-6-8/h1-6,12H,7H2;1-7H. The molecule has 24 heavy (non-hydrogen) atoms. The molecular weight excluding hydrogens is 300 g/mol. The van der Waals surface area contributed by atoms with Gasteiger partial charge in [-0.25, -0.2) is 0 Å². The van der Waals surface area contributed by atoms with E-state index in [9.17, 15) is 4.79 Å². The quantitative estimate of drug-likeness (QED) is 0.572. The summed E-state index contributed by atoms with van der Waals surface area (Å²) in [5.41, 5.74) is 3.36. The van der Waals surface area contributed by atoms with E-state index in [0.29, 0.717) is 5.56 Å². The first-order valence-corrected chi connectivity index (χ1v) is 7.54. The van der Waals surface area contributed by atoms with Crippen molar-refractivity contribution < 1.29 is 9.90 Å². The third kappa shape index (κ3) is 3.62. The Morgan fingerprint density at radius 2 is 1.42 bits per heavy atom. The van der Waals surface area contributed by atoms with Gasteiger partial charge in [-0.3, -0.25) is 14.8 Å². The molecule has 4 heteroatoms. The highest BCUT2D eigenvalue weighted by molar-refractivity contribution is 5.85. The number of rotatable bonds is 2. The summed E-state index contributed by atoms with van der Waals surface area (Å²) in [5, 5.41) is 10.9. The topological polar surface area (TPSA) is 63.1 Å². The van der Waals surface area contributed by atoms with E-state index in [-0.39, 0.29) is 6.61 Å². The Kier molecular flexibility index (Phi) is 4.89. The van der Waals surface area contributed by atoms with E-state index in [4.69, 9.17) is 5.11 Å². The fraction of sp³-hybridized carbons (Fsp3) is 0.0500. The van der Waals surface area contributed by atoms with Crippen LogP contribution in [0, 0.1) is 0 Å². The van der Waals surface area contributed by atoms with Crippen LogP contribution < -0.4 is 0 Å². The molecule has 0 bridgehead atoms. The Balaban J connectivity index is 0.000000141. The van der Waals surface area contributed by atoms with Gasteiger partial charge in [0.15, 0.2) is 6.29 Å². The minimum absolute atomic E-state index is 0.0534. The zero-order chi connectivity index (χ0) is 16.8. The van der Waals surface area contributed by atoms with Gasteiger partial charge >= 0.3 is 0 Å². The molecule has 2 aromatic heterocycles. The molecule has 4 nitrogen and oxygen atoms in total. The molecule has 2 aromatic carbocycles. The monoisotopic (exact) mass is 316 g/mol. The van der Waals surface area contributed by atoms with Crippen LogP contribution in [0.2, 0.25) is 0 Å². The second-order valence-electron chi connectivity index (χ2n) is 5.27. The van der Waals surface area contributed by atoms with Crippen LogP contribution in [0.1, 0.15) is 15.9 Å². The van der Waals surface area contributed by atoms with Crippen LogP contribution in [0.4, 0.5) is 0 Å². The molecule has 118 valence electrons. The average Bonchev–Trinajstić information content (AvgIpc) is 2.67. The maximum absolute atomic E-state index is 10.4. The maximum Gasteiger partial charge on any atom is 0.151 e. The van der Waals surface area contributed by atoms with Crippen molar-refractivity contribution in [2.75, 3.05) is 0 Å². The van der Waals surface area contributed by atoms with Crippen molar-refractivity contribution >= 4 is 28.1 Å². The SMILES string of the molecule is O=Cc1cnc2ccccc2c1.OCc1cnc2ccccc2c1. The first-order valence-electron chi connectivity index (χ1n) is 7.54. The van der Waals surface area contributed by atoms with Gasteiger partial charge in [0.1, 0.15) is 0 Å². The Morgan fingerprint density at radius 1 is 0.833 bits per heavy atom. The van der Waals surface area contributed by atoms with Crippen molar-refractivity contribution in [2.24, 2.45) is 0 Å². The van der Waals surface area contributed by atoms with E-state index in [1.54, 1.807) is 12.4 Å². The summed E-state index contributed by atoms with van der Waals surface area (Å²) in [5.74, 6) is 0. The summed E-state index contributed by atoms with van der Waals surface area (Å²) in [4.78, 5) is 18.7. The number of nitrogens with zero attached hydrogens (tertiary/aromatic N) is 2. The second kappa shape index (κ2) is 7.44. The molecule has 0 atom stereocenters. The van der Waals surface area contributed by atoms with E-state index in [1.807, 2.05) is 60.7 Å². The lowest BCUT2D eigenvalue weighted by molar-refractivity contribution is 0.112. The van der Waals surface area contributed by atoms with Crippen LogP contribution in [-0.4, -0.2) is 21.4 Å². The van der Waals surface area contributed by atoms with Crippen LogP contribution in [0.5, 0.6) is 0 Å². The Hall–Kier alpha value is -3.11. The number of fused-ring (bicyclic) bond motifs is 2. The van der Waals surface area contributed by atoms with E-state index in [0.717, 1.165) is 33.7 Å². The lowest BCUT2D eigenvalue weighted by atomic mass is 10.2. The van der Waals surface area contributed by atoms with Crippen molar-refractivity contribution in [1.29, 1.82) is 0 Å². The average molecular weight is 316 g/mol. The number of carbonyl (C=O) groups excluding carboxylic acids is 1. The number of para-hydroxylation sites is 2. The highest BCUT2D eigenvalue weighted by Gasteiger charge is 1.95. The minimum atomic E-state index is 0.0534. The van der Waals surface area contributed by atoms with Crippen LogP contribution >= 0.6 is 0 Å². The molecule has 0 saturated carbocycles. The minimum Gasteiger partial charge on any atom is -0.392 e. The number of aliphatic hydroxyl groups excluding tert-OH is 1. The van der Waals surface area contributed by atoms with E-state index < -0.39 is 0 Å². The van der Waals surface area contributed by atoms with Crippen molar-refractivity contribution in [3.8, 4) is 0 Å². The zero-order valence-electron chi connectivity index (χ0n) is 13.0. The fourth-order valence-electron chi connectivity index (χ4n) is 2.36. The molecule has 0 saturated heterocycles. The molecule has 0 aliphatic heterocycles. The number of aliphatic hydroxyl groups is 1. The maximum atomic E-state index is 10.4. The fourth-order valence-corrected chi connectivity index (χ4v) is 2.36. The summed E-state index contributed by atoms with van der Waals surface area (Å²) in [6.45, 7) is 0.0534. The third-order valence-electron chi connectivity index (χ3n) is 3.58. The number of benzene rings is 2. The Labute approximate surface area is 139 Å². The normalized spacial score (nSPS) is 10.2. The van der Waals surface area contributed by atoms with Gasteiger partial charge < -0.3 is 5.11 Å². The van der Waals surface area contributed by atoms with Gasteiger partial charge in [0, 0.05) is 28.7 Å². The molecule has 0 amide bonds. The van der Waals surface area contributed by atoms with Crippen LogP contribution in [-0.2, 0) is 6.61 Å². The number of carbonyl (C=O) groups is 1. The van der Waals surface area contributed by atoms with E-state index in [2.05, 4.69) is 9.97 Å². The Bertz CT molecular complexity index is 983. The van der Waals surface area contributed by atoms with E-state index in [1.165, 1.54) is 0 Å². The third-order valence-corrected chi connectivity index (χ3v) is 3.58. The first-order chi connectivity index (χ1) is 11.8. The van der Waals surface area contributed by atoms with Gasteiger partial charge in [0.2, 0.25) is 0 Å². The summed E-state index contributed by atoms with van der Waals surface area (Å²) < 4.78 is 0. The van der Waals surface area contributed by atoms with Crippen molar-refractivity contribution in [2.45, 2.75) is 6.61 Å². The van der Waals surface area contributed by atoms with Crippen LogP contribution in [0.25, 0.3) is 21.8 Å². The molecule has 4 aromatic rings. The molecule has 0 fully saturated rings. The predicted octanol–water partition coefficient (Wildman–Crippen LogP) is 3.77. The molecule has 0 spiro atoms. The van der Waals surface area contributed by atoms with Gasteiger partial charge in [-0.15, -0.1) is 0 Å². The number of hydrogen-bond acceptors (Lipinski definition) is 4. The van der Waals surface area contributed by atoms with Crippen LogP contribution in [0.3, 0.4) is 0 Å². The molecule has 2 heterocycles. The molecule has 0 radical (unpaired) electrons. The van der Waals surface area contributed by atoms with Crippen LogP contribution in [0.15, 0.2) is 73.1 Å². The molecular formula is C20H16N2O2. The zero-order valence-corrected chi connectivity index (χ0v) is 13.0. The summed E-state index contributed by atoms with van der Waals surface area (Å²) >= 11 is 0. The Morgan fingerprint density at radius 3 is 2.04 bits per heavy atom. The highest BCUT2D eigenvalue weighted by atomic mass is 16.3. The van der Waals surface area contributed by atoms with Crippen molar-refractivity contribution in [3.63, 3.8) is 0 Å². The first kappa shape index (κ1) is 15.8. The number of aromatic nitrogens is 2. The van der Waals surface area contributed by atoms with Gasteiger partial charge in [-0.05, 0) is 29.8 Å². The highest BCUT2D eigenvalue weighted by Crippen LogP contribution is 2.12. The lowest BCUT2D eigenvalue weighted by Crippen LogP contribution is -1.85. The largest absolute Gasteiger partial charge is 0.392 e. The smallest absolute Gasteiger partial charge is 0.151 e. The number of aldehydes is 1. The van der Waals surface area contributed by atoms with Crippen molar-refractivity contribution in [1.82, 2.24) is 9.97 Å². The van der Waals surface area contributed by atoms with E-state index >= 15 is 0 Å². The van der Waals surface area contributed by atoms with Gasteiger partial charge in [-0.1, -0.05) is 36.4 Å². The van der Waals surface area contributed by atoms with Gasteiger partial charge in [0.05, 0.1) is 17.6 Å². The molecule has 0 unspecified atom stereocenters. The molecule has 0 aliphatic rings. The molecule has 0 aliphatic carbocycles. The van der Waals surface area contributed by atoms with Gasteiger partial charge in [-0.2, -0.15) is 0 Å². The van der Waals surface area contributed by atoms with Crippen molar-refractivity contribution in [3.05, 3.63) is 84.2 Å². The number of hydrogen-bond donors (Lipinski definition) is 1. The second-order valence-corrected chi connectivity index (χ2v) is 5.27. The number of pyridine rings is 2. The molecule has 4 rings (SSSR count). The predicted molar refractivity (Wildman–Crippen MR) is 94.8 cm³/mol. The van der Waals surface area contributed by atoms with Gasteiger partial charge in [0.25, 0.3) is 0 Å². The summed E-state index contributed by atoms with van der Waals surface area (Å²) in [6, 6.07) is 19.3. The summed E-state index contributed by atoms with van der Waals surface area (Å²) in [6.07, 6.45) is 4.08. The molecule has 1 N–H and O–H groups in total.